The van der Waals surface area contributed by atoms with E-state index in [0.717, 1.165) is 24.4 Å². The maximum Gasteiger partial charge on any atom is 0.191 e. The van der Waals surface area contributed by atoms with E-state index in [9.17, 15) is 4.39 Å². The summed E-state index contributed by atoms with van der Waals surface area (Å²) in [6.07, 6.45) is 2.20. The predicted molar refractivity (Wildman–Crippen MR) is 117 cm³/mol. The molecule has 0 spiro atoms. The molecule has 1 fully saturated rings. The molecule has 0 saturated heterocycles. The van der Waals surface area contributed by atoms with E-state index in [-0.39, 0.29) is 29.4 Å². The molecule has 27 heavy (non-hydrogen) atoms. The van der Waals surface area contributed by atoms with Crippen LogP contribution in [-0.2, 0) is 12.0 Å². The van der Waals surface area contributed by atoms with Gasteiger partial charge in [0.2, 0.25) is 0 Å². The van der Waals surface area contributed by atoms with Crippen molar-refractivity contribution in [3.63, 3.8) is 0 Å². The van der Waals surface area contributed by atoms with Gasteiger partial charge in [0.15, 0.2) is 5.96 Å². The van der Waals surface area contributed by atoms with Crippen LogP contribution in [0.4, 0.5) is 4.39 Å². The lowest BCUT2D eigenvalue weighted by Crippen LogP contribution is -2.41. The number of hydrogen-bond donors (Lipinski definition) is 2. The summed E-state index contributed by atoms with van der Waals surface area (Å²) in [5.41, 5.74) is 2.11. The molecule has 1 aliphatic rings. The highest BCUT2D eigenvalue weighted by Gasteiger charge is 2.44. The molecule has 2 aromatic carbocycles. The molecular weight excluding hydrogens is 478 g/mol. The molecule has 0 radical (unpaired) electrons. The highest BCUT2D eigenvalue weighted by atomic mass is 127. The summed E-state index contributed by atoms with van der Waals surface area (Å²) in [7, 11) is 1.68. The SMILES string of the molecule is CN=C(NCc1ccc(C#N)cc1F)NCC1(c2cccc(Cl)c2)CC1.I. The molecule has 0 atom stereocenters. The Bertz CT molecular complexity index is 875. The van der Waals surface area contributed by atoms with E-state index in [1.54, 1.807) is 19.2 Å². The Morgan fingerprint density at radius 3 is 2.63 bits per heavy atom. The first-order valence-corrected chi connectivity index (χ1v) is 8.83. The highest BCUT2D eigenvalue weighted by molar-refractivity contribution is 14.0. The van der Waals surface area contributed by atoms with Crippen LogP contribution in [0.3, 0.4) is 0 Å². The van der Waals surface area contributed by atoms with Crippen molar-refractivity contribution < 1.29 is 4.39 Å². The van der Waals surface area contributed by atoms with Gasteiger partial charge in [0.25, 0.3) is 0 Å². The Hall–Kier alpha value is -1.85. The number of halogens is 3. The number of rotatable bonds is 5. The first-order chi connectivity index (χ1) is 12.6. The van der Waals surface area contributed by atoms with Crippen molar-refractivity contribution in [3.05, 3.63) is 70.0 Å². The largest absolute Gasteiger partial charge is 0.356 e. The average molecular weight is 499 g/mol. The molecular formula is C20H21ClFIN4. The molecule has 2 aromatic rings. The minimum Gasteiger partial charge on any atom is -0.356 e. The third-order valence-electron chi connectivity index (χ3n) is 4.74. The average Bonchev–Trinajstić information content (AvgIpc) is 3.44. The smallest absolute Gasteiger partial charge is 0.191 e. The maximum absolute atomic E-state index is 14.0. The van der Waals surface area contributed by atoms with Gasteiger partial charge in [-0.2, -0.15) is 5.26 Å². The van der Waals surface area contributed by atoms with Gasteiger partial charge < -0.3 is 10.6 Å². The number of nitrogens with one attached hydrogen (secondary N) is 2. The standard InChI is InChI=1S/C20H20ClFN4.HI/c1-24-19(25-12-15-6-5-14(11-23)9-18(15)22)26-13-20(7-8-20)16-3-2-4-17(21)10-16;/h2-6,9-10H,7-8,12-13H2,1H3,(H2,24,25,26);1H. The van der Waals surface area contributed by atoms with Crippen molar-refractivity contribution in [2.24, 2.45) is 4.99 Å². The fraction of sp³-hybridized carbons (Fsp3) is 0.300. The van der Waals surface area contributed by atoms with Gasteiger partial charge >= 0.3 is 0 Å². The van der Waals surface area contributed by atoms with Crippen molar-refractivity contribution >= 4 is 41.5 Å². The van der Waals surface area contributed by atoms with E-state index >= 15 is 0 Å². The van der Waals surface area contributed by atoms with Gasteiger partial charge in [-0.3, -0.25) is 4.99 Å². The number of aliphatic imine (C=N–C) groups is 1. The zero-order valence-corrected chi connectivity index (χ0v) is 18.0. The molecule has 0 aliphatic heterocycles. The first-order valence-electron chi connectivity index (χ1n) is 8.45. The van der Waals surface area contributed by atoms with Gasteiger partial charge in [0.1, 0.15) is 5.82 Å². The van der Waals surface area contributed by atoms with Crippen LogP contribution in [0.25, 0.3) is 0 Å². The molecule has 1 aliphatic carbocycles. The van der Waals surface area contributed by atoms with Crippen LogP contribution in [0.5, 0.6) is 0 Å². The summed E-state index contributed by atoms with van der Waals surface area (Å²) >= 11 is 6.11. The molecule has 0 aromatic heterocycles. The summed E-state index contributed by atoms with van der Waals surface area (Å²) in [6.45, 7) is 1.03. The van der Waals surface area contributed by atoms with Gasteiger partial charge in [0, 0.05) is 36.1 Å². The van der Waals surface area contributed by atoms with Crippen LogP contribution in [-0.4, -0.2) is 19.6 Å². The Morgan fingerprint density at radius 2 is 2.04 bits per heavy atom. The van der Waals surface area contributed by atoms with Crippen LogP contribution in [0.1, 0.15) is 29.5 Å². The molecule has 142 valence electrons. The summed E-state index contributed by atoms with van der Waals surface area (Å²) in [6, 6.07) is 14.3. The summed E-state index contributed by atoms with van der Waals surface area (Å²) in [4.78, 5) is 4.20. The molecule has 0 amide bonds. The van der Waals surface area contributed by atoms with Crippen LogP contribution < -0.4 is 10.6 Å². The summed E-state index contributed by atoms with van der Waals surface area (Å²) in [5.74, 6) is 0.214. The second kappa shape index (κ2) is 9.38. The maximum atomic E-state index is 14.0. The summed E-state index contributed by atoms with van der Waals surface area (Å²) in [5, 5.41) is 16.0. The van der Waals surface area contributed by atoms with Crippen molar-refractivity contribution in [2.75, 3.05) is 13.6 Å². The minimum atomic E-state index is -0.399. The Kier molecular flexibility index (Phi) is 7.45. The van der Waals surface area contributed by atoms with Crippen molar-refractivity contribution in [1.29, 1.82) is 5.26 Å². The predicted octanol–water partition coefficient (Wildman–Crippen LogP) is 4.37. The Morgan fingerprint density at radius 1 is 1.26 bits per heavy atom. The van der Waals surface area contributed by atoms with E-state index in [1.165, 1.54) is 11.6 Å². The third kappa shape index (κ3) is 5.33. The van der Waals surface area contributed by atoms with Crippen LogP contribution in [0.2, 0.25) is 5.02 Å². The second-order valence-corrected chi connectivity index (χ2v) is 6.92. The van der Waals surface area contributed by atoms with Crippen molar-refractivity contribution in [1.82, 2.24) is 10.6 Å². The number of nitrogens with zero attached hydrogens (tertiary/aromatic N) is 2. The molecule has 2 N–H and O–H groups in total. The van der Waals surface area contributed by atoms with E-state index in [0.29, 0.717) is 23.6 Å². The Balaban J connectivity index is 0.00000261. The number of guanidine groups is 1. The lowest BCUT2D eigenvalue weighted by atomic mass is 9.96. The zero-order chi connectivity index (χ0) is 18.6. The highest BCUT2D eigenvalue weighted by Crippen LogP contribution is 2.48. The zero-order valence-electron chi connectivity index (χ0n) is 14.9. The monoisotopic (exact) mass is 498 g/mol. The normalized spacial score (nSPS) is 14.7. The van der Waals surface area contributed by atoms with E-state index in [1.807, 2.05) is 24.3 Å². The van der Waals surface area contributed by atoms with Crippen LogP contribution in [0.15, 0.2) is 47.5 Å². The molecule has 0 bridgehead atoms. The molecule has 4 nitrogen and oxygen atoms in total. The topological polar surface area (TPSA) is 60.2 Å². The van der Waals surface area contributed by atoms with Crippen LogP contribution in [0, 0.1) is 17.1 Å². The van der Waals surface area contributed by atoms with Crippen molar-refractivity contribution in [2.45, 2.75) is 24.8 Å². The van der Waals surface area contributed by atoms with E-state index in [2.05, 4.69) is 21.7 Å². The molecule has 1 saturated carbocycles. The third-order valence-corrected chi connectivity index (χ3v) is 4.97. The molecule has 0 heterocycles. The minimum absolute atomic E-state index is 0. The molecule has 0 unspecified atom stereocenters. The number of benzene rings is 2. The summed E-state index contributed by atoms with van der Waals surface area (Å²) < 4.78 is 14.0. The van der Waals surface area contributed by atoms with Gasteiger partial charge in [-0.15, -0.1) is 24.0 Å². The van der Waals surface area contributed by atoms with E-state index in [4.69, 9.17) is 16.9 Å². The van der Waals surface area contributed by atoms with Gasteiger partial charge in [-0.05, 0) is 42.7 Å². The van der Waals surface area contributed by atoms with E-state index < -0.39 is 5.82 Å². The fourth-order valence-corrected chi connectivity index (χ4v) is 3.14. The molecule has 3 rings (SSSR count). The Labute approximate surface area is 180 Å². The lowest BCUT2D eigenvalue weighted by Gasteiger charge is -2.19. The van der Waals surface area contributed by atoms with Gasteiger partial charge in [-0.1, -0.05) is 29.8 Å². The van der Waals surface area contributed by atoms with Gasteiger partial charge in [-0.25, -0.2) is 4.39 Å². The fourth-order valence-electron chi connectivity index (χ4n) is 2.95. The van der Waals surface area contributed by atoms with Gasteiger partial charge in [0.05, 0.1) is 11.6 Å². The lowest BCUT2D eigenvalue weighted by molar-refractivity contribution is 0.601. The van der Waals surface area contributed by atoms with Crippen LogP contribution >= 0.6 is 35.6 Å². The first kappa shape index (κ1) is 21.5. The number of hydrogen-bond acceptors (Lipinski definition) is 2. The van der Waals surface area contributed by atoms with Crippen molar-refractivity contribution in [3.8, 4) is 6.07 Å². The second-order valence-electron chi connectivity index (χ2n) is 6.49. The molecule has 7 heteroatoms. The quantitative estimate of drug-likeness (QED) is 0.366. The number of nitriles is 1.